The highest BCUT2D eigenvalue weighted by Crippen LogP contribution is 2.34. The van der Waals surface area contributed by atoms with Crippen LogP contribution in [0.5, 0.6) is 0 Å². The molecule has 0 radical (unpaired) electrons. The number of carbonyl (C=O) groups is 1. The largest absolute Gasteiger partial charge is 0.418 e. The number of halogens is 3. The van der Waals surface area contributed by atoms with Crippen molar-refractivity contribution >= 4 is 11.6 Å². The van der Waals surface area contributed by atoms with Crippen LogP contribution in [-0.4, -0.2) is 43.2 Å². The lowest BCUT2D eigenvalue weighted by molar-refractivity contribution is -0.137. The zero-order valence-corrected chi connectivity index (χ0v) is 11.6. The Kier molecular flexibility index (Phi) is 4.84. The third kappa shape index (κ3) is 3.95. The first-order chi connectivity index (χ1) is 9.89. The molecule has 0 spiro atoms. The van der Waals surface area contributed by atoms with Crippen LogP contribution in [0.1, 0.15) is 12.5 Å². The Morgan fingerprint density at radius 3 is 2.52 bits per heavy atom. The van der Waals surface area contributed by atoms with Crippen molar-refractivity contribution < 1.29 is 22.7 Å². The zero-order valence-electron chi connectivity index (χ0n) is 11.6. The van der Waals surface area contributed by atoms with Crippen molar-refractivity contribution in [2.45, 2.75) is 19.1 Å². The van der Waals surface area contributed by atoms with E-state index in [1.54, 1.807) is 6.92 Å². The minimum Gasteiger partial charge on any atom is -0.379 e. The molecule has 21 heavy (non-hydrogen) atoms. The lowest BCUT2D eigenvalue weighted by Crippen LogP contribution is -2.47. The molecule has 1 saturated heterocycles. The molecule has 1 fully saturated rings. The maximum atomic E-state index is 12.9. The van der Waals surface area contributed by atoms with Gasteiger partial charge < -0.3 is 10.1 Å². The molecule has 7 heteroatoms. The first kappa shape index (κ1) is 15.8. The van der Waals surface area contributed by atoms with Gasteiger partial charge in [-0.2, -0.15) is 13.2 Å². The van der Waals surface area contributed by atoms with Gasteiger partial charge in [0.2, 0.25) is 5.91 Å². The van der Waals surface area contributed by atoms with Crippen molar-refractivity contribution in [1.82, 2.24) is 4.90 Å². The lowest BCUT2D eigenvalue weighted by Gasteiger charge is -2.31. The van der Waals surface area contributed by atoms with Crippen LogP contribution in [-0.2, 0) is 15.7 Å². The number of hydrogen-bond donors (Lipinski definition) is 1. The van der Waals surface area contributed by atoms with Crippen molar-refractivity contribution in [3.8, 4) is 0 Å². The van der Waals surface area contributed by atoms with Crippen LogP contribution in [0.2, 0.25) is 0 Å². The number of hydrogen-bond acceptors (Lipinski definition) is 3. The minimum atomic E-state index is -4.49. The van der Waals surface area contributed by atoms with Gasteiger partial charge in [-0.25, -0.2) is 0 Å². The van der Waals surface area contributed by atoms with Gasteiger partial charge in [-0.15, -0.1) is 0 Å². The van der Waals surface area contributed by atoms with Crippen molar-refractivity contribution in [3.63, 3.8) is 0 Å². The van der Waals surface area contributed by atoms with E-state index >= 15 is 0 Å². The Hall–Kier alpha value is -1.60. The van der Waals surface area contributed by atoms with Crippen LogP contribution < -0.4 is 5.32 Å². The van der Waals surface area contributed by atoms with Gasteiger partial charge in [0, 0.05) is 13.1 Å². The fraction of sp³-hybridized carbons (Fsp3) is 0.500. The summed E-state index contributed by atoms with van der Waals surface area (Å²) in [6.45, 7) is 3.91. The first-order valence-electron chi connectivity index (χ1n) is 6.68. The van der Waals surface area contributed by atoms with Crippen LogP contribution >= 0.6 is 0 Å². The number of amides is 1. The molecule has 4 nitrogen and oxygen atoms in total. The van der Waals surface area contributed by atoms with E-state index in [0.29, 0.717) is 26.3 Å². The van der Waals surface area contributed by atoms with E-state index in [9.17, 15) is 18.0 Å². The predicted octanol–water partition coefficient (Wildman–Crippen LogP) is 2.36. The SMILES string of the molecule is C[C@H](C(=O)Nc1ccccc1C(F)(F)F)N1CCOCC1. The number of ether oxygens (including phenoxy) is 1. The smallest absolute Gasteiger partial charge is 0.379 e. The molecule has 1 aromatic rings. The van der Waals surface area contributed by atoms with Crippen LogP contribution in [0.25, 0.3) is 0 Å². The van der Waals surface area contributed by atoms with Gasteiger partial charge in [0.1, 0.15) is 0 Å². The molecule has 0 bridgehead atoms. The summed E-state index contributed by atoms with van der Waals surface area (Å²) in [6.07, 6.45) is -4.49. The predicted molar refractivity (Wildman–Crippen MR) is 71.9 cm³/mol. The third-order valence-corrected chi connectivity index (χ3v) is 3.46. The average molecular weight is 302 g/mol. The quantitative estimate of drug-likeness (QED) is 0.932. The van der Waals surface area contributed by atoms with Crippen LogP contribution in [0.4, 0.5) is 18.9 Å². The number of anilines is 1. The molecule has 1 aliphatic rings. The van der Waals surface area contributed by atoms with E-state index in [2.05, 4.69) is 5.32 Å². The van der Waals surface area contributed by atoms with Crippen LogP contribution in [0.3, 0.4) is 0 Å². The summed E-state index contributed by atoms with van der Waals surface area (Å²) < 4.78 is 43.8. The molecule has 116 valence electrons. The molecule has 1 N–H and O–H groups in total. The van der Waals surface area contributed by atoms with Gasteiger partial charge >= 0.3 is 6.18 Å². The van der Waals surface area contributed by atoms with Crippen molar-refractivity contribution in [1.29, 1.82) is 0 Å². The van der Waals surface area contributed by atoms with E-state index in [1.807, 2.05) is 4.90 Å². The number of rotatable bonds is 3. The second-order valence-corrected chi connectivity index (χ2v) is 4.86. The van der Waals surface area contributed by atoms with Crippen LogP contribution in [0, 0.1) is 0 Å². The highest BCUT2D eigenvalue weighted by atomic mass is 19.4. The second kappa shape index (κ2) is 6.44. The average Bonchev–Trinajstić information content (AvgIpc) is 2.47. The van der Waals surface area contributed by atoms with Gasteiger partial charge in [-0.05, 0) is 19.1 Å². The molecule has 0 aliphatic carbocycles. The number of nitrogens with zero attached hydrogens (tertiary/aromatic N) is 1. The van der Waals surface area contributed by atoms with E-state index < -0.39 is 23.7 Å². The normalized spacial score (nSPS) is 18.3. The Morgan fingerprint density at radius 1 is 1.29 bits per heavy atom. The number of alkyl halides is 3. The minimum absolute atomic E-state index is 0.213. The monoisotopic (exact) mass is 302 g/mol. The van der Waals surface area contributed by atoms with Crippen molar-refractivity contribution in [3.05, 3.63) is 29.8 Å². The molecular formula is C14H17F3N2O2. The van der Waals surface area contributed by atoms with Gasteiger partial charge in [0.05, 0.1) is 30.5 Å². The molecular weight excluding hydrogens is 285 g/mol. The third-order valence-electron chi connectivity index (χ3n) is 3.46. The summed E-state index contributed by atoms with van der Waals surface area (Å²) >= 11 is 0. The Morgan fingerprint density at radius 2 is 1.90 bits per heavy atom. The molecule has 1 atom stereocenters. The molecule has 1 aromatic carbocycles. The first-order valence-corrected chi connectivity index (χ1v) is 6.68. The maximum Gasteiger partial charge on any atom is 0.418 e. The Bertz CT molecular complexity index is 499. The van der Waals surface area contributed by atoms with E-state index in [4.69, 9.17) is 4.74 Å². The summed E-state index contributed by atoms with van der Waals surface area (Å²) in [5.41, 5.74) is -1.05. The second-order valence-electron chi connectivity index (χ2n) is 4.86. The zero-order chi connectivity index (χ0) is 15.5. The fourth-order valence-corrected chi connectivity index (χ4v) is 2.21. The number of morpholine rings is 1. The van der Waals surface area contributed by atoms with Gasteiger partial charge in [-0.1, -0.05) is 12.1 Å². The summed E-state index contributed by atoms with van der Waals surface area (Å²) in [5, 5.41) is 2.37. The Balaban J connectivity index is 2.09. The fourth-order valence-electron chi connectivity index (χ4n) is 2.21. The number of benzene rings is 1. The van der Waals surface area contributed by atoms with Crippen molar-refractivity contribution in [2.75, 3.05) is 31.6 Å². The van der Waals surface area contributed by atoms with Gasteiger partial charge in [0.25, 0.3) is 0 Å². The number of para-hydroxylation sites is 1. The molecule has 1 aliphatic heterocycles. The van der Waals surface area contributed by atoms with Crippen molar-refractivity contribution in [2.24, 2.45) is 0 Å². The summed E-state index contributed by atoms with van der Waals surface area (Å²) in [6, 6.07) is 4.46. The summed E-state index contributed by atoms with van der Waals surface area (Å²) in [7, 11) is 0. The Labute approximate surface area is 120 Å². The molecule has 0 unspecified atom stereocenters. The molecule has 0 aromatic heterocycles. The topological polar surface area (TPSA) is 41.6 Å². The van der Waals surface area contributed by atoms with Crippen LogP contribution in [0.15, 0.2) is 24.3 Å². The summed E-state index contributed by atoms with van der Waals surface area (Å²) in [5.74, 6) is -0.450. The summed E-state index contributed by atoms with van der Waals surface area (Å²) in [4.78, 5) is 14.0. The maximum absolute atomic E-state index is 12.9. The molecule has 0 saturated carbocycles. The number of carbonyl (C=O) groups excluding carboxylic acids is 1. The number of nitrogens with one attached hydrogen (secondary N) is 1. The van der Waals surface area contributed by atoms with Gasteiger partial charge in [0.15, 0.2) is 0 Å². The standard InChI is InChI=1S/C14H17F3N2O2/c1-10(19-6-8-21-9-7-19)13(20)18-12-5-3-2-4-11(12)14(15,16)17/h2-5,10H,6-9H2,1H3,(H,18,20)/t10-/m1/s1. The lowest BCUT2D eigenvalue weighted by atomic mass is 10.1. The van der Waals surface area contributed by atoms with E-state index in [1.165, 1.54) is 18.2 Å². The van der Waals surface area contributed by atoms with E-state index in [-0.39, 0.29) is 5.69 Å². The van der Waals surface area contributed by atoms with Gasteiger partial charge in [-0.3, -0.25) is 9.69 Å². The van der Waals surface area contributed by atoms with E-state index in [0.717, 1.165) is 6.07 Å². The highest BCUT2D eigenvalue weighted by molar-refractivity contribution is 5.95. The molecule has 1 amide bonds. The highest BCUT2D eigenvalue weighted by Gasteiger charge is 2.34. The molecule has 2 rings (SSSR count). The molecule has 1 heterocycles.